The molecule has 1 aliphatic carbocycles. The summed E-state index contributed by atoms with van der Waals surface area (Å²) < 4.78 is 4.89. The highest BCUT2D eigenvalue weighted by molar-refractivity contribution is 5.91. The minimum Gasteiger partial charge on any atom is -0.320 e. The Hall–Kier alpha value is -3.93. The molecule has 0 saturated heterocycles. The summed E-state index contributed by atoms with van der Waals surface area (Å²) in [6.45, 7) is 0.519. The SMILES string of the molecule is O=c1c2c(ncn2Cc2ccccc2)n(-c2cccc3ccccc23)c(=O)n1C1CC1. The molecule has 0 amide bonds. The monoisotopic (exact) mass is 408 g/mol. The molecule has 1 aliphatic rings. The van der Waals surface area contributed by atoms with Crippen molar-refractivity contribution in [3.8, 4) is 5.69 Å². The molecule has 0 unspecified atom stereocenters. The Morgan fingerprint density at radius 2 is 1.61 bits per heavy atom. The molecule has 6 rings (SSSR count). The Bertz CT molecular complexity index is 1550. The number of imidazole rings is 1. The van der Waals surface area contributed by atoms with Gasteiger partial charge in [-0.3, -0.25) is 9.36 Å². The summed E-state index contributed by atoms with van der Waals surface area (Å²) in [5.41, 5.74) is 2.10. The van der Waals surface area contributed by atoms with E-state index >= 15 is 0 Å². The molecule has 0 atom stereocenters. The van der Waals surface area contributed by atoms with Crippen LogP contribution in [-0.4, -0.2) is 18.7 Å². The second-order valence-corrected chi connectivity index (χ2v) is 8.05. The lowest BCUT2D eigenvalue weighted by molar-refractivity contribution is 0.640. The van der Waals surface area contributed by atoms with Gasteiger partial charge in [-0.05, 0) is 29.9 Å². The number of nitrogens with zero attached hydrogens (tertiary/aromatic N) is 4. The molecule has 0 radical (unpaired) electrons. The van der Waals surface area contributed by atoms with E-state index in [1.807, 2.05) is 77.4 Å². The highest BCUT2D eigenvalue weighted by Gasteiger charge is 2.30. The molecule has 6 nitrogen and oxygen atoms in total. The quantitative estimate of drug-likeness (QED) is 0.453. The maximum Gasteiger partial charge on any atom is 0.337 e. The fourth-order valence-electron chi connectivity index (χ4n) is 4.33. The van der Waals surface area contributed by atoms with Crippen molar-refractivity contribution >= 4 is 21.9 Å². The lowest BCUT2D eigenvalue weighted by Crippen LogP contribution is -2.39. The normalized spacial score (nSPS) is 13.8. The molecule has 6 heteroatoms. The first kappa shape index (κ1) is 17.9. The van der Waals surface area contributed by atoms with Gasteiger partial charge in [0.15, 0.2) is 11.2 Å². The molecule has 1 fully saturated rings. The zero-order chi connectivity index (χ0) is 20.9. The fourth-order valence-corrected chi connectivity index (χ4v) is 4.33. The average Bonchev–Trinajstić information content (AvgIpc) is 3.54. The van der Waals surface area contributed by atoms with Crippen LogP contribution in [0, 0.1) is 0 Å². The van der Waals surface area contributed by atoms with Gasteiger partial charge < -0.3 is 4.57 Å². The molecule has 0 N–H and O–H groups in total. The molecule has 1 saturated carbocycles. The van der Waals surface area contributed by atoms with Gasteiger partial charge in [0.1, 0.15) is 0 Å². The second kappa shape index (κ2) is 6.80. The zero-order valence-electron chi connectivity index (χ0n) is 16.8. The van der Waals surface area contributed by atoms with Crippen LogP contribution in [0.5, 0.6) is 0 Å². The van der Waals surface area contributed by atoms with Gasteiger partial charge >= 0.3 is 5.69 Å². The van der Waals surface area contributed by atoms with E-state index in [2.05, 4.69) is 4.98 Å². The van der Waals surface area contributed by atoms with E-state index < -0.39 is 0 Å². The van der Waals surface area contributed by atoms with Crippen LogP contribution in [0.3, 0.4) is 0 Å². The highest BCUT2D eigenvalue weighted by Crippen LogP contribution is 2.33. The first-order chi connectivity index (χ1) is 15.2. The number of hydrogen-bond donors (Lipinski definition) is 0. The molecule has 5 aromatic rings. The van der Waals surface area contributed by atoms with E-state index in [9.17, 15) is 9.59 Å². The second-order valence-electron chi connectivity index (χ2n) is 8.05. The van der Waals surface area contributed by atoms with Crippen molar-refractivity contribution in [3.63, 3.8) is 0 Å². The van der Waals surface area contributed by atoms with Crippen molar-refractivity contribution in [1.82, 2.24) is 18.7 Å². The summed E-state index contributed by atoms with van der Waals surface area (Å²) in [7, 11) is 0. The highest BCUT2D eigenvalue weighted by atomic mass is 16.2. The van der Waals surface area contributed by atoms with Crippen molar-refractivity contribution in [2.45, 2.75) is 25.4 Å². The molecule has 152 valence electrons. The first-order valence-electron chi connectivity index (χ1n) is 10.5. The third-order valence-electron chi connectivity index (χ3n) is 5.96. The summed E-state index contributed by atoms with van der Waals surface area (Å²) >= 11 is 0. The van der Waals surface area contributed by atoms with Crippen molar-refractivity contribution in [3.05, 3.63) is 106 Å². The fraction of sp³-hybridized carbons (Fsp3) is 0.160. The Labute approximate surface area is 177 Å². The van der Waals surface area contributed by atoms with Crippen LogP contribution in [0.15, 0.2) is 88.7 Å². The first-order valence-corrected chi connectivity index (χ1v) is 10.5. The summed E-state index contributed by atoms with van der Waals surface area (Å²) in [4.78, 5) is 31.6. The van der Waals surface area contributed by atoms with Crippen LogP contribution in [0.25, 0.3) is 27.6 Å². The van der Waals surface area contributed by atoms with Gasteiger partial charge in [-0.25, -0.2) is 14.3 Å². The summed E-state index contributed by atoms with van der Waals surface area (Å²) in [6, 6.07) is 23.7. The van der Waals surface area contributed by atoms with E-state index in [1.165, 1.54) is 4.57 Å². The largest absolute Gasteiger partial charge is 0.337 e. The smallest absolute Gasteiger partial charge is 0.320 e. The van der Waals surface area contributed by atoms with Crippen LogP contribution < -0.4 is 11.2 Å². The van der Waals surface area contributed by atoms with Gasteiger partial charge in [-0.1, -0.05) is 66.7 Å². The van der Waals surface area contributed by atoms with Gasteiger partial charge in [0, 0.05) is 18.0 Å². The van der Waals surface area contributed by atoms with Gasteiger partial charge in [-0.2, -0.15) is 0 Å². The van der Waals surface area contributed by atoms with Gasteiger partial charge in [-0.15, -0.1) is 0 Å². The van der Waals surface area contributed by atoms with Crippen LogP contribution in [-0.2, 0) is 6.54 Å². The van der Waals surface area contributed by atoms with Crippen molar-refractivity contribution in [2.75, 3.05) is 0 Å². The van der Waals surface area contributed by atoms with Crippen LogP contribution >= 0.6 is 0 Å². The Morgan fingerprint density at radius 1 is 0.871 bits per heavy atom. The summed E-state index contributed by atoms with van der Waals surface area (Å²) in [6.07, 6.45) is 3.36. The maximum absolute atomic E-state index is 13.6. The molecule has 0 spiro atoms. The van der Waals surface area contributed by atoms with E-state index in [4.69, 9.17) is 0 Å². The molecule has 3 aromatic carbocycles. The third-order valence-corrected chi connectivity index (χ3v) is 5.96. The van der Waals surface area contributed by atoms with E-state index in [0.717, 1.165) is 34.9 Å². The molecule has 2 heterocycles. The minimum atomic E-state index is -0.318. The predicted octanol–water partition coefficient (Wildman–Crippen LogP) is 3.89. The molecule has 0 aliphatic heterocycles. The lowest BCUT2D eigenvalue weighted by Gasteiger charge is -2.14. The van der Waals surface area contributed by atoms with Gasteiger partial charge in [0.25, 0.3) is 5.56 Å². The predicted molar refractivity (Wildman–Crippen MR) is 121 cm³/mol. The average molecular weight is 408 g/mol. The standard InChI is InChI=1S/C25H20N4O2/c30-24-22-23(26-16-27(22)15-17-7-2-1-3-8-17)29(25(31)28(24)19-13-14-19)21-12-6-10-18-9-4-5-11-20(18)21/h1-12,16,19H,13-15H2. The van der Waals surface area contributed by atoms with Crippen molar-refractivity contribution < 1.29 is 0 Å². The van der Waals surface area contributed by atoms with Gasteiger partial charge in [0.2, 0.25) is 0 Å². The van der Waals surface area contributed by atoms with E-state index in [0.29, 0.717) is 17.7 Å². The lowest BCUT2D eigenvalue weighted by atomic mass is 10.1. The Morgan fingerprint density at radius 3 is 2.42 bits per heavy atom. The van der Waals surface area contributed by atoms with Crippen LogP contribution in [0.1, 0.15) is 24.4 Å². The topological polar surface area (TPSA) is 61.8 Å². The Balaban J connectivity index is 1.68. The number of rotatable bonds is 4. The molecule has 31 heavy (non-hydrogen) atoms. The maximum atomic E-state index is 13.6. The summed E-state index contributed by atoms with van der Waals surface area (Å²) in [5.74, 6) is 0. The Kier molecular flexibility index (Phi) is 3.93. The molecule has 2 aromatic heterocycles. The molecular formula is C25H20N4O2. The number of benzene rings is 3. The zero-order valence-corrected chi connectivity index (χ0v) is 16.8. The number of hydrogen-bond acceptors (Lipinski definition) is 3. The van der Waals surface area contributed by atoms with Crippen LogP contribution in [0.4, 0.5) is 0 Å². The number of aromatic nitrogens is 4. The minimum absolute atomic E-state index is 0.0364. The van der Waals surface area contributed by atoms with E-state index in [1.54, 1.807) is 10.9 Å². The molecule has 0 bridgehead atoms. The van der Waals surface area contributed by atoms with E-state index in [-0.39, 0.29) is 17.3 Å². The van der Waals surface area contributed by atoms with Crippen molar-refractivity contribution in [2.24, 2.45) is 0 Å². The third kappa shape index (κ3) is 2.83. The number of fused-ring (bicyclic) bond motifs is 2. The summed E-state index contributed by atoms with van der Waals surface area (Å²) in [5, 5.41) is 1.99. The van der Waals surface area contributed by atoms with Crippen LogP contribution in [0.2, 0.25) is 0 Å². The molecular weight excluding hydrogens is 388 g/mol. The van der Waals surface area contributed by atoms with Gasteiger partial charge in [0.05, 0.1) is 12.0 Å². The van der Waals surface area contributed by atoms with Crippen molar-refractivity contribution in [1.29, 1.82) is 0 Å².